The van der Waals surface area contributed by atoms with Crippen LogP contribution >= 0.6 is 0 Å². The molecule has 0 bridgehead atoms. The molecule has 1 aromatic carbocycles. The Morgan fingerprint density at radius 1 is 1.35 bits per heavy atom. The van der Waals surface area contributed by atoms with Crippen molar-refractivity contribution in [2.45, 2.75) is 19.3 Å². The second-order valence-electron chi connectivity index (χ2n) is 4.38. The van der Waals surface area contributed by atoms with Crippen molar-refractivity contribution in [1.29, 1.82) is 0 Å². The molecule has 0 spiro atoms. The number of hydrogen-bond donors (Lipinski definition) is 0. The van der Waals surface area contributed by atoms with Crippen LogP contribution in [0, 0.1) is 0 Å². The number of nitrogens with zero attached hydrogens (tertiary/aromatic N) is 1. The molecular weight excluding hydrogens is 250 g/mol. The van der Waals surface area contributed by atoms with Crippen LogP contribution < -0.4 is 4.74 Å². The molecule has 0 aromatic heterocycles. The maximum Gasteiger partial charge on any atom is 0.175 e. The average molecular weight is 269 g/mol. The van der Waals surface area contributed by atoms with Gasteiger partial charge < -0.3 is 9.47 Å². The summed E-state index contributed by atoms with van der Waals surface area (Å²) in [7, 11) is 1.65. The van der Waals surface area contributed by atoms with E-state index >= 15 is 0 Å². The Bertz CT molecular complexity index is 541. The lowest BCUT2D eigenvalue weighted by Crippen LogP contribution is -2.12. The summed E-state index contributed by atoms with van der Waals surface area (Å²) in [6.07, 6.45) is 9.13. The molecule has 2 atom stereocenters. The smallest absolute Gasteiger partial charge is 0.175 e. The molecule has 1 aliphatic heterocycles. The van der Waals surface area contributed by atoms with Gasteiger partial charge in [-0.15, -0.1) is 0 Å². The van der Waals surface area contributed by atoms with Gasteiger partial charge in [0.05, 0.1) is 7.11 Å². The summed E-state index contributed by atoms with van der Waals surface area (Å²) >= 11 is 0. The maximum absolute atomic E-state index is 5.96. The van der Waals surface area contributed by atoms with Crippen LogP contribution in [0.4, 0.5) is 0 Å². The summed E-state index contributed by atoms with van der Waals surface area (Å²) in [5, 5.41) is 0. The molecule has 0 saturated carbocycles. The van der Waals surface area contributed by atoms with Crippen LogP contribution in [0.15, 0.2) is 65.7 Å². The first-order valence-electron chi connectivity index (χ1n) is 6.56. The SMILES string of the molecule is C=C/C=C(\C=C/C)C1C=NC(c2ccc(OC)cc2)O1. The molecule has 0 radical (unpaired) electrons. The molecule has 1 aliphatic rings. The number of rotatable bonds is 5. The highest BCUT2D eigenvalue weighted by Crippen LogP contribution is 2.28. The minimum atomic E-state index is -0.260. The van der Waals surface area contributed by atoms with Gasteiger partial charge in [-0.25, -0.2) is 0 Å². The summed E-state index contributed by atoms with van der Waals surface area (Å²) in [4.78, 5) is 4.43. The van der Waals surface area contributed by atoms with Crippen molar-refractivity contribution in [3.8, 4) is 5.75 Å². The summed E-state index contributed by atoms with van der Waals surface area (Å²) in [5.74, 6) is 0.827. The van der Waals surface area contributed by atoms with E-state index in [1.807, 2.05) is 55.6 Å². The van der Waals surface area contributed by atoms with Gasteiger partial charge in [0.2, 0.25) is 0 Å². The number of benzene rings is 1. The molecule has 3 heteroatoms. The first-order chi connectivity index (χ1) is 9.78. The first-order valence-corrected chi connectivity index (χ1v) is 6.56. The predicted octanol–water partition coefficient (Wildman–Crippen LogP) is 3.85. The molecule has 20 heavy (non-hydrogen) atoms. The molecular formula is C17H19NO2. The van der Waals surface area contributed by atoms with Crippen molar-refractivity contribution < 1.29 is 9.47 Å². The van der Waals surface area contributed by atoms with Gasteiger partial charge in [0.1, 0.15) is 11.9 Å². The number of aliphatic imine (C=N–C) groups is 1. The molecule has 0 aliphatic carbocycles. The maximum atomic E-state index is 5.96. The summed E-state index contributed by atoms with van der Waals surface area (Å²) < 4.78 is 11.1. The zero-order valence-electron chi connectivity index (χ0n) is 11.8. The van der Waals surface area contributed by atoms with Crippen LogP contribution in [0.5, 0.6) is 5.75 Å². The second-order valence-corrected chi connectivity index (χ2v) is 4.38. The summed E-state index contributed by atoms with van der Waals surface area (Å²) in [6, 6.07) is 7.76. The fraction of sp³-hybridized carbons (Fsp3) is 0.235. The Morgan fingerprint density at radius 3 is 2.70 bits per heavy atom. The Balaban J connectivity index is 2.10. The molecule has 104 valence electrons. The van der Waals surface area contributed by atoms with Crippen molar-refractivity contribution in [2.75, 3.05) is 7.11 Å². The molecule has 0 N–H and O–H groups in total. The molecule has 1 aromatic rings. The lowest BCUT2D eigenvalue weighted by molar-refractivity contribution is 0.0703. The fourth-order valence-corrected chi connectivity index (χ4v) is 2.04. The highest BCUT2D eigenvalue weighted by molar-refractivity contribution is 5.71. The zero-order chi connectivity index (χ0) is 14.4. The van der Waals surface area contributed by atoms with Gasteiger partial charge >= 0.3 is 0 Å². The third-order valence-corrected chi connectivity index (χ3v) is 3.03. The molecule has 0 fully saturated rings. The minimum Gasteiger partial charge on any atom is -0.497 e. The van der Waals surface area contributed by atoms with E-state index in [9.17, 15) is 0 Å². The van der Waals surface area contributed by atoms with Gasteiger partial charge in [-0.3, -0.25) is 4.99 Å². The van der Waals surface area contributed by atoms with E-state index in [1.54, 1.807) is 13.2 Å². The van der Waals surface area contributed by atoms with Crippen molar-refractivity contribution in [3.05, 3.63) is 66.3 Å². The molecule has 2 unspecified atom stereocenters. The predicted molar refractivity (Wildman–Crippen MR) is 82.2 cm³/mol. The first kappa shape index (κ1) is 14.3. The number of hydrogen-bond acceptors (Lipinski definition) is 3. The van der Waals surface area contributed by atoms with Gasteiger partial charge in [0.25, 0.3) is 0 Å². The van der Waals surface area contributed by atoms with Gasteiger partial charge in [-0.2, -0.15) is 0 Å². The van der Waals surface area contributed by atoms with E-state index in [-0.39, 0.29) is 12.3 Å². The molecule has 2 rings (SSSR count). The Kier molecular flexibility index (Phi) is 4.91. The van der Waals surface area contributed by atoms with E-state index < -0.39 is 0 Å². The zero-order valence-corrected chi connectivity index (χ0v) is 11.8. The third kappa shape index (κ3) is 3.25. The lowest BCUT2D eigenvalue weighted by Gasteiger charge is -2.14. The standard InChI is InChI=1S/C17H19NO2/c1-4-6-13(7-5-2)16-12-18-17(20-16)14-8-10-15(19-3)11-9-14/h4-12,16-17H,1H2,2-3H3/b7-5-,13-6+. The Morgan fingerprint density at radius 2 is 2.10 bits per heavy atom. The van der Waals surface area contributed by atoms with Crippen LogP contribution in [0.25, 0.3) is 0 Å². The highest BCUT2D eigenvalue weighted by Gasteiger charge is 2.23. The monoisotopic (exact) mass is 269 g/mol. The van der Waals surface area contributed by atoms with Crippen molar-refractivity contribution in [3.63, 3.8) is 0 Å². The quantitative estimate of drug-likeness (QED) is 0.760. The van der Waals surface area contributed by atoms with E-state index in [4.69, 9.17) is 9.47 Å². The fourth-order valence-electron chi connectivity index (χ4n) is 2.04. The van der Waals surface area contributed by atoms with Gasteiger partial charge in [0, 0.05) is 11.8 Å². The number of ether oxygens (including phenoxy) is 2. The minimum absolute atomic E-state index is 0.128. The summed E-state index contributed by atoms with van der Waals surface area (Å²) in [6.45, 7) is 5.70. The molecule has 1 heterocycles. The largest absolute Gasteiger partial charge is 0.497 e. The van der Waals surface area contributed by atoms with E-state index in [1.165, 1.54) is 0 Å². The van der Waals surface area contributed by atoms with Crippen molar-refractivity contribution in [2.24, 2.45) is 4.99 Å². The number of methoxy groups -OCH3 is 1. The number of allylic oxidation sites excluding steroid dienone is 3. The third-order valence-electron chi connectivity index (χ3n) is 3.03. The molecule has 3 nitrogen and oxygen atoms in total. The van der Waals surface area contributed by atoms with Gasteiger partial charge in [0.15, 0.2) is 6.23 Å². The normalized spacial score (nSPS) is 22.4. The van der Waals surface area contributed by atoms with Crippen LogP contribution in [-0.4, -0.2) is 19.4 Å². The van der Waals surface area contributed by atoms with Crippen molar-refractivity contribution in [1.82, 2.24) is 0 Å². The topological polar surface area (TPSA) is 30.8 Å². The Hall–Kier alpha value is -2.13. The van der Waals surface area contributed by atoms with Gasteiger partial charge in [-0.1, -0.05) is 43.0 Å². The van der Waals surface area contributed by atoms with Crippen LogP contribution in [0.2, 0.25) is 0 Å². The van der Waals surface area contributed by atoms with E-state index in [0.29, 0.717) is 0 Å². The molecule has 0 amide bonds. The van der Waals surface area contributed by atoms with Crippen LogP contribution in [-0.2, 0) is 4.74 Å². The second kappa shape index (κ2) is 6.87. The van der Waals surface area contributed by atoms with Crippen LogP contribution in [0.3, 0.4) is 0 Å². The lowest BCUT2D eigenvalue weighted by atomic mass is 10.1. The van der Waals surface area contributed by atoms with Crippen molar-refractivity contribution >= 4 is 6.21 Å². The van der Waals surface area contributed by atoms with E-state index in [2.05, 4.69) is 11.6 Å². The average Bonchev–Trinajstić information content (AvgIpc) is 2.97. The van der Waals surface area contributed by atoms with Crippen LogP contribution in [0.1, 0.15) is 18.7 Å². The van der Waals surface area contributed by atoms with E-state index in [0.717, 1.165) is 16.9 Å². The Labute approximate surface area is 119 Å². The summed E-state index contributed by atoms with van der Waals surface area (Å²) in [5.41, 5.74) is 2.06. The molecule has 0 saturated heterocycles. The van der Waals surface area contributed by atoms with Gasteiger partial charge in [-0.05, 0) is 24.6 Å². The highest BCUT2D eigenvalue weighted by atomic mass is 16.5.